The van der Waals surface area contributed by atoms with Crippen molar-refractivity contribution in [3.05, 3.63) is 59.2 Å². The third kappa shape index (κ3) is 3.98. The number of ether oxygens (including phenoxy) is 2. The molecule has 4 fully saturated rings. The van der Waals surface area contributed by atoms with Crippen LogP contribution >= 0.6 is 0 Å². The molecular formula is C29H34O3. The van der Waals surface area contributed by atoms with Crippen LogP contribution in [0.15, 0.2) is 48.1 Å². The molecule has 32 heavy (non-hydrogen) atoms. The SMILES string of the molecule is CCOC(=O)C=C(C)C=Cc1ccc2cc(OC)c(C34CC5CC(CC(C5)C3)C4)cc2c1. The number of benzene rings is 2. The molecule has 0 saturated heterocycles. The lowest BCUT2D eigenvalue weighted by molar-refractivity contribution is -0.137. The van der Waals surface area contributed by atoms with Crippen molar-refractivity contribution in [3.8, 4) is 5.75 Å². The second-order valence-corrected chi connectivity index (χ2v) is 10.3. The number of carbonyl (C=O) groups is 1. The van der Waals surface area contributed by atoms with Crippen molar-refractivity contribution in [1.82, 2.24) is 0 Å². The monoisotopic (exact) mass is 430 g/mol. The van der Waals surface area contributed by atoms with E-state index in [2.05, 4.69) is 36.4 Å². The average Bonchev–Trinajstić information content (AvgIpc) is 2.76. The summed E-state index contributed by atoms with van der Waals surface area (Å²) in [5, 5.41) is 2.48. The van der Waals surface area contributed by atoms with Gasteiger partial charge in [-0.15, -0.1) is 0 Å². The van der Waals surface area contributed by atoms with E-state index in [0.717, 1.165) is 34.6 Å². The summed E-state index contributed by atoms with van der Waals surface area (Å²) in [6.07, 6.45) is 13.9. The van der Waals surface area contributed by atoms with Gasteiger partial charge in [0.05, 0.1) is 13.7 Å². The number of hydrogen-bond donors (Lipinski definition) is 0. The molecule has 2 aromatic carbocycles. The lowest BCUT2D eigenvalue weighted by atomic mass is 9.48. The number of hydrogen-bond acceptors (Lipinski definition) is 3. The molecule has 0 spiro atoms. The van der Waals surface area contributed by atoms with Crippen LogP contribution in [0.3, 0.4) is 0 Å². The highest BCUT2D eigenvalue weighted by atomic mass is 16.5. The van der Waals surface area contributed by atoms with Gasteiger partial charge in [0.15, 0.2) is 0 Å². The van der Waals surface area contributed by atoms with Crippen molar-refractivity contribution in [2.45, 2.75) is 57.8 Å². The van der Waals surface area contributed by atoms with Gasteiger partial charge in [-0.3, -0.25) is 0 Å². The van der Waals surface area contributed by atoms with E-state index in [1.807, 2.05) is 27.0 Å². The average molecular weight is 431 g/mol. The van der Waals surface area contributed by atoms with E-state index >= 15 is 0 Å². The third-order valence-electron chi connectivity index (χ3n) is 7.96. The predicted molar refractivity (Wildman–Crippen MR) is 130 cm³/mol. The van der Waals surface area contributed by atoms with Crippen LogP contribution in [0.1, 0.15) is 63.5 Å². The third-order valence-corrected chi connectivity index (χ3v) is 7.96. The van der Waals surface area contributed by atoms with Crippen LogP contribution in [0.5, 0.6) is 5.75 Å². The number of rotatable bonds is 6. The lowest BCUT2D eigenvalue weighted by Gasteiger charge is -2.57. The van der Waals surface area contributed by atoms with Gasteiger partial charge in [0.25, 0.3) is 0 Å². The number of carbonyl (C=O) groups excluding carboxylic acids is 1. The molecule has 4 bridgehead atoms. The molecule has 2 aromatic rings. The zero-order chi connectivity index (χ0) is 22.3. The van der Waals surface area contributed by atoms with E-state index in [0.29, 0.717) is 12.0 Å². The van der Waals surface area contributed by atoms with E-state index < -0.39 is 0 Å². The smallest absolute Gasteiger partial charge is 0.330 e. The van der Waals surface area contributed by atoms with Crippen LogP contribution in [-0.4, -0.2) is 19.7 Å². The van der Waals surface area contributed by atoms with Crippen LogP contribution < -0.4 is 4.74 Å². The minimum atomic E-state index is -0.291. The van der Waals surface area contributed by atoms with Gasteiger partial charge in [-0.2, -0.15) is 0 Å². The fourth-order valence-electron chi connectivity index (χ4n) is 7.07. The summed E-state index contributed by atoms with van der Waals surface area (Å²) in [7, 11) is 1.82. The van der Waals surface area contributed by atoms with Crippen molar-refractivity contribution in [1.29, 1.82) is 0 Å². The molecule has 0 N–H and O–H groups in total. The summed E-state index contributed by atoms with van der Waals surface area (Å²) in [5.74, 6) is 3.50. The minimum Gasteiger partial charge on any atom is -0.496 e. The van der Waals surface area contributed by atoms with Crippen LogP contribution in [0.4, 0.5) is 0 Å². The lowest BCUT2D eigenvalue weighted by Crippen LogP contribution is -2.48. The van der Waals surface area contributed by atoms with Crippen LogP contribution in [-0.2, 0) is 14.9 Å². The van der Waals surface area contributed by atoms with Crippen molar-refractivity contribution >= 4 is 22.8 Å². The zero-order valence-corrected chi connectivity index (χ0v) is 19.5. The molecule has 0 atom stereocenters. The second kappa shape index (κ2) is 8.42. The second-order valence-electron chi connectivity index (χ2n) is 10.3. The Kier molecular flexibility index (Phi) is 5.61. The Balaban J connectivity index is 1.48. The Labute approximate surface area is 191 Å². The fourth-order valence-corrected chi connectivity index (χ4v) is 7.07. The first-order valence-electron chi connectivity index (χ1n) is 12.1. The van der Waals surface area contributed by atoms with Gasteiger partial charge in [-0.1, -0.05) is 24.3 Å². The summed E-state index contributed by atoms with van der Waals surface area (Å²) < 4.78 is 10.9. The minimum absolute atomic E-state index is 0.291. The van der Waals surface area contributed by atoms with Gasteiger partial charge in [0.2, 0.25) is 0 Å². The normalized spacial score (nSPS) is 29.1. The van der Waals surface area contributed by atoms with Crippen molar-refractivity contribution < 1.29 is 14.3 Å². The van der Waals surface area contributed by atoms with Crippen molar-refractivity contribution in [2.24, 2.45) is 17.8 Å². The molecule has 0 unspecified atom stereocenters. The molecule has 0 amide bonds. The zero-order valence-electron chi connectivity index (χ0n) is 19.5. The summed E-state index contributed by atoms with van der Waals surface area (Å²) >= 11 is 0. The molecule has 0 aromatic heterocycles. The topological polar surface area (TPSA) is 35.5 Å². The number of fused-ring (bicyclic) bond motifs is 1. The first-order valence-corrected chi connectivity index (χ1v) is 12.1. The van der Waals surface area contributed by atoms with Crippen molar-refractivity contribution in [2.75, 3.05) is 13.7 Å². The van der Waals surface area contributed by atoms with Crippen LogP contribution in [0.25, 0.3) is 16.8 Å². The van der Waals surface area contributed by atoms with E-state index in [4.69, 9.17) is 9.47 Å². The van der Waals surface area contributed by atoms with Gasteiger partial charge >= 0.3 is 5.97 Å². The van der Waals surface area contributed by atoms with Gasteiger partial charge in [-0.25, -0.2) is 4.79 Å². The van der Waals surface area contributed by atoms with Gasteiger partial charge in [0, 0.05) is 11.6 Å². The molecule has 4 aliphatic rings. The first kappa shape index (κ1) is 21.3. The van der Waals surface area contributed by atoms with Gasteiger partial charge in [-0.05, 0) is 116 Å². The molecule has 0 aliphatic heterocycles. The standard InChI is InChI=1S/C29H34O3/c1-4-32-28(30)9-19(2)5-6-20-7-8-24-15-27(31-3)26(14-25(24)13-20)29-16-21-10-22(17-29)12-23(11-21)18-29/h5-9,13-15,21-23H,4,10-12,16-18H2,1-3H3. The predicted octanol–water partition coefficient (Wildman–Crippen LogP) is 6.84. The van der Waals surface area contributed by atoms with Gasteiger partial charge < -0.3 is 9.47 Å². The van der Waals surface area contributed by atoms with E-state index in [1.54, 1.807) is 0 Å². The summed E-state index contributed by atoms with van der Waals surface area (Å²) in [6.45, 7) is 4.13. The molecule has 0 heterocycles. The van der Waals surface area contributed by atoms with Gasteiger partial charge in [0.1, 0.15) is 5.75 Å². The molecule has 3 heteroatoms. The number of allylic oxidation sites excluding steroid dienone is 2. The first-order chi connectivity index (χ1) is 15.5. The molecule has 6 rings (SSSR count). The van der Waals surface area contributed by atoms with Crippen molar-refractivity contribution in [3.63, 3.8) is 0 Å². The molecule has 168 valence electrons. The molecule has 4 saturated carbocycles. The maximum atomic E-state index is 11.7. The molecule has 4 aliphatic carbocycles. The molecule has 0 radical (unpaired) electrons. The summed E-state index contributed by atoms with van der Waals surface area (Å²) in [5.41, 5.74) is 3.76. The Morgan fingerprint density at radius 1 is 1.03 bits per heavy atom. The number of methoxy groups -OCH3 is 1. The quantitative estimate of drug-likeness (QED) is 0.286. The Bertz CT molecular complexity index is 1060. The van der Waals surface area contributed by atoms with Crippen LogP contribution in [0.2, 0.25) is 0 Å². The summed E-state index contributed by atoms with van der Waals surface area (Å²) in [6, 6.07) is 11.2. The molecular weight excluding hydrogens is 396 g/mol. The molecule has 3 nitrogen and oxygen atoms in total. The number of esters is 1. The Morgan fingerprint density at radius 3 is 2.34 bits per heavy atom. The Morgan fingerprint density at radius 2 is 1.72 bits per heavy atom. The van der Waals surface area contributed by atoms with E-state index in [1.165, 1.54) is 60.9 Å². The van der Waals surface area contributed by atoms with Crippen LogP contribution in [0, 0.1) is 17.8 Å². The highest BCUT2D eigenvalue weighted by molar-refractivity contribution is 5.88. The highest BCUT2D eigenvalue weighted by Crippen LogP contribution is 2.62. The van der Waals surface area contributed by atoms with E-state index in [-0.39, 0.29) is 5.97 Å². The Hall–Kier alpha value is -2.55. The van der Waals surface area contributed by atoms with E-state index in [9.17, 15) is 4.79 Å². The summed E-state index contributed by atoms with van der Waals surface area (Å²) in [4.78, 5) is 11.7. The fraction of sp³-hybridized carbons (Fsp3) is 0.483. The maximum Gasteiger partial charge on any atom is 0.330 e. The highest BCUT2D eigenvalue weighted by Gasteiger charge is 2.52. The maximum absolute atomic E-state index is 11.7. The largest absolute Gasteiger partial charge is 0.496 e.